The zero-order valence-electron chi connectivity index (χ0n) is 15.5. The van der Waals surface area contributed by atoms with Gasteiger partial charge in [0.1, 0.15) is 6.26 Å². The Hall–Kier alpha value is -3.15. The van der Waals surface area contributed by atoms with Gasteiger partial charge in [0, 0.05) is 31.0 Å². The lowest BCUT2D eigenvalue weighted by Gasteiger charge is -2.22. The predicted molar refractivity (Wildman–Crippen MR) is 106 cm³/mol. The molecule has 1 amide bonds. The van der Waals surface area contributed by atoms with Crippen LogP contribution in [0.4, 0.5) is 11.4 Å². The number of hydrogen-bond acceptors (Lipinski definition) is 5. The molecule has 1 aliphatic carbocycles. The highest BCUT2D eigenvalue weighted by Gasteiger charge is 2.54. The van der Waals surface area contributed by atoms with Crippen molar-refractivity contribution >= 4 is 17.3 Å². The second kappa shape index (κ2) is 7.11. The molecule has 2 aliphatic rings. The normalized spacial score (nSPS) is 22.7. The van der Waals surface area contributed by atoms with E-state index in [9.17, 15) is 4.79 Å². The van der Waals surface area contributed by atoms with E-state index in [0.29, 0.717) is 0 Å². The number of aromatic nitrogens is 2. The van der Waals surface area contributed by atoms with Crippen LogP contribution in [0.2, 0.25) is 0 Å². The number of nitrogens with zero attached hydrogens (tertiary/aromatic N) is 3. The Morgan fingerprint density at radius 2 is 1.93 bits per heavy atom. The first-order valence-electron chi connectivity index (χ1n) is 9.75. The molecule has 6 nitrogen and oxygen atoms in total. The minimum atomic E-state index is -0.273. The third-order valence-corrected chi connectivity index (χ3v) is 6.02. The first-order chi connectivity index (χ1) is 13.8. The molecule has 1 saturated carbocycles. The van der Waals surface area contributed by atoms with Gasteiger partial charge in [-0.05, 0) is 54.9 Å². The summed E-state index contributed by atoms with van der Waals surface area (Å²) in [6.07, 6.45) is 5.16. The van der Waals surface area contributed by atoms with Crippen LogP contribution in [0.15, 0.2) is 65.5 Å². The van der Waals surface area contributed by atoms with Gasteiger partial charge in [0.25, 0.3) is 5.91 Å². The number of aryl methyl sites for hydroxylation is 1. The van der Waals surface area contributed by atoms with Crippen molar-refractivity contribution in [3.63, 3.8) is 0 Å². The van der Waals surface area contributed by atoms with E-state index in [4.69, 9.17) is 4.52 Å². The van der Waals surface area contributed by atoms with Gasteiger partial charge in [0.15, 0.2) is 5.69 Å². The number of nitrogens with one attached hydrogen (secondary N) is 1. The maximum Gasteiger partial charge on any atom is 0.277 e. The molecule has 3 aromatic rings. The van der Waals surface area contributed by atoms with Crippen molar-refractivity contribution in [3.05, 3.63) is 72.4 Å². The van der Waals surface area contributed by atoms with Crippen molar-refractivity contribution in [2.24, 2.45) is 17.8 Å². The van der Waals surface area contributed by atoms with Crippen LogP contribution in [-0.4, -0.2) is 29.1 Å². The third-order valence-electron chi connectivity index (χ3n) is 6.02. The predicted octanol–water partition coefficient (Wildman–Crippen LogP) is 3.64. The molecule has 2 aromatic heterocycles. The van der Waals surface area contributed by atoms with Crippen LogP contribution < -0.4 is 10.2 Å². The highest BCUT2D eigenvalue weighted by atomic mass is 16.5. The number of carbonyl (C=O) groups is 1. The van der Waals surface area contributed by atoms with Crippen LogP contribution in [0.5, 0.6) is 0 Å². The molecule has 2 unspecified atom stereocenters. The molecule has 0 radical (unpaired) electrons. The maximum absolute atomic E-state index is 12.2. The highest BCUT2D eigenvalue weighted by Crippen LogP contribution is 2.54. The molecule has 28 heavy (non-hydrogen) atoms. The molecule has 6 heteroatoms. The molecule has 1 saturated heterocycles. The van der Waals surface area contributed by atoms with E-state index in [1.807, 2.05) is 12.1 Å². The molecule has 0 bridgehead atoms. The summed E-state index contributed by atoms with van der Waals surface area (Å²) in [7, 11) is 0. The summed E-state index contributed by atoms with van der Waals surface area (Å²) in [6.45, 7) is 2.30. The molecule has 3 heterocycles. The van der Waals surface area contributed by atoms with Crippen molar-refractivity contribution in [2.45, 2.75) is 12.8 Å². The zero-order chi connectivity index (χ0) is 18.9. The van der Waals surface area contributed by atoms with Gasteiger partial charge >= 0.3 is 0 Å². The lowest BCUT2D eigenvalue weighted by Crippen LogP contribution is -2.24. The van der Waals surface area contributed by atoms with Crippen molar-refractivity contribution in [1.29, 1.82) is 0 Å². The Bertz CT molecular complexity index is 946. The lowest BCUT2D eigenvalue weighted by molar-refractivity contribution is 0.101. The molecule has 1 aromatic carbocycles. The summed E-state index contributed by atoms with van der Waals surface area (Å²) >= 11 is 0. The Balaban J connectivity index is 1.17. The smallest absolute Gasteiger partial charge is 0.277 e. The van der Waals surface area contributed by atoms with Crippen molar-refractivity contribution in [3.8, 4) is 0 Å². The molecular weight excluding hydrogens is 352 g/mol. The summed E-state index contributed by atoms with van der Waals surface area (Å²) in [6, 6.07) is 15.9. The minimum absolute atomic E-state index is 0.271. The average Bonchev–Trinajstić information content (AvgIpc) is 3.16. The fourth-order valence-electron chi connectivity index (χ4n) is 4.50. The van der Waals surface area contributed by atoms with Crippen molar-refractivity contribution in [1.82, 2.24) is 10.1 Å². The number of amides is 1. The number of fused-ring (bicyclic) bond motifs is 1. The molecule has 2 fully saturated rings. The molecule has 142 valence electrons. The number of anilines is 2. The molecular formula is C22H22N4O2. The number of benzene rings is 1. The summed E-state index contributed by atoms with van der Waals surface area (Å²) in [4.78, 5) is 19.2. The SMILES string of the molecule is O=C(Nc1cccnc1CCC1C2CN(c3ccccc3)CC12)c1ccon1. The number of piperidine rings is 1. The number of rotatable bonds is 6. The quantitative estimate of drug-likeness (QED) is 0.713. The summed E-state index contributed by atoms with van der Waals surface area (Å²) in [5.74, 6) is 2.07. The zero-order valence-corrected chi connectivity index (χ0v) is 15.5. The van der Waals surface area contributed by atoms with Crippen molar-refractivity contribution < 1.29 is 9.32 Å². The van der Waals surface area contributed by atoms with Gasteiger partial charge in [0.2, 0.25) is 0 Å². The lowest BCUT2D eigenvalue weighted by atomic mass is 10.1. The van der Waals surface area contributed by atoms with Crippen LogP contribution in [-0.2, 0) is 6.42 Å². The van der Waals surface area contributed by atoms with Gasteiger partial charge in [-0.3, -0.25) is 9.78 Å². The summed E-state index contributed by atoms with van der Waals surface area (Å²) in [5.41, 5.74) is 3.29. The van der Waals surface area contributed by atoms with Gasteiger partial charge in [0.05, 0.1) is 11.4 Å². The first kappa shape index (κ1) is 17.0. The van der Waals surface area contributed by atoms with E-state index in [2.05, 4.69) is 50.7 Å². The molecule has 1 aliphatic heterocycles. The van der Waals surface area contributed by atoms with Gasteiger partial charge in [-0.15, -0.1) is 0 Å². The molecule has 5 rings (SSSR count). The second-order valence-corrected chi connectivity index (χ2v) is 7.61. The van der Waals surface area contributed by atoms with Gasteiger partial charge in [-0.25, -0.2) is 0 Å². The monoisotopic (exact) mass is 374 g/mol. The van der Waals surface area contributed by atoms with E-state index < -0.39 is 0 Å². The molecule has 2 atom stereocenters. The number of pyridine rings is 1. The van der Waals surface area contributed by atoms with Gasteiger partial charge < -0.3 is 14.7 Å². The number of para-hydroxylation sites is 1. The fraction of sp³-hybridized carbons (Fsp3) is 0.318. The Morgan fingerprint density at radius 3 is 2.68 bits per heavy atom. The largest absolute Gasteiger partial charge is 0.371 e. The van der Waals surface area contributed by atoms with Gasteiger partial charge in [-0.1, -0.05) is 23.4 Å². The van der Waals surface area contributed by atoms with E-state index in [1.54, 1.807) is 12.3 Å². The average molecular weight is 374 g/mol. The topological polar surface area (TPSA) is 71.3 Å². The Labute approximate surface area is 163 Å². The second-order valence-electron chi connectivity index (χ2n) is 7.61. The number of carbonyl (C=O) groups excluding carboxylic acids is 1. The van der Waals surface area contributed by atoms with Crippen LogP contribution in [0.1, 0.15) is 22.6 Å². The summed E-state index contributed by atoms with van der Waals surface area (Å²) in [5, 5.41) is 6.59. The fourth-order valence-corrected chi connectivity index (χ4v) is 4.50. The van der Waals surface area contributed by atoms with Crippen molar-refractivity contribution in [2.75, 3.05) is 23.3 Å². The third kappa shape index (κ3) is 3.26. The van der Waals surface area contributed by atoms with Gasteiger partial charge in [-0.2, -0.15) is 0 Å². The van der Waals surface area contributed by atoms with Crippen LogP contribution >= 0.6 is 0 Å². The van der Waals surface area contributed by atoms with E-state index in [-0.39, 0.29) is 11.6 Å². The first-order valence-corrected chi connectivity index (χ1v) is 9.75. The minimum Gasteiger partial charge on any atom is -0.371 e. The Morgan fingerprint density at radius 1 is 1.11 bits per heavy atom. The van der Waals surface area contributed by atoms with E-state index in [1.165, 1.54) is 12.0 Å². The maximum atomic E-state index is 12.2. The van der Waals surface area contributed by atoms with Crippen LogP contribution in [0.3, 0.4) is 0 Å². The summed E-state index contributed by atoms with van der Waals surface area (Å²) < 4.78 is 4.74. The van der Waals surface area contributed by atoms with E-state index in [0.717, 1.165) is 55.1 Å². The Kier molecular flexibility index (Phi) is 4.31. The standard InChI is InChI=1S/C22H22N4O2/c27-22(21-10-12-28-25-21)24-20-7-4-11-23-19(20)9-8-16-17-13-26(14-18(16)17)15-5-2-1-3-6-15/h1-7,10-12,16-18H,8-9,13-14H2,(H,24,27). The van der Waals surface area contributed by atoms with Crippen LogP contribution in [0.25, 0.3) is 0 Å². The molecule has 0 spiro atoms. The molecule has 1 N–H and O–H groups in total. The van der Waals surface area contributed by atoms with Crippen LogP contribution in [0, 0.1) is 17.8 Å². The highest BCUT2D eigenvalue weighted by molar-refractivity contribution is 6.02. The number of hydrogen-bond donors (Lipinski definition) is 1. The van der Waals surface area contributed by atoms with E-state index >= 15 is 0 Å².